The van der Waals surface area contributed by atoms with E-state index in [0.29, 0.717) is 5.69 Å². The second-order valence-electron chi connectivity index (χ2n) is 9.65. The molecule has 170 valence electrons. The highest BCUT2D eigenvalue weighted by Gasteiger charge is 2.27. The second-order valence-corrected chi connectivity index (χ2v) is 10.6. The summed E-state index contributed by atoms with van der Waals surface area (Å²) in [5.74, 6) is -0.137. The summed E-state index contributed by atoms with van der Waals surface area (Å²) in [7, 11) is 1.78. The first-order valence-electron chi connectivity index (χ1n) is 10.3. The van der Waals surface area contributed by atoms with E-state index in [-0.39, 0.29) is 45.5 Å². The van der Waals surface area contributed by atoms with Crippen LogP contribution in [-0.4, -0.2) is 38.2 Å². The van der Waals surface area contributed by atoms with Crippen molar-refractivity contribution in [2.45, 2.75) is 53.5 Å². The molecule has 0 saturated heterocycles. The van der Waals surface area contributed by atoms with Crippen LogP contribution in [0.5, 0.6) is 0 Å². The highest BCUT2D eigenvalue weighted by molar-refractivity contribution is 8.00. The highest BCUT2D eigenvalue weighted by Crippen LogP contribution is 2.26. The summed E-state index contributed by atoms with van der Waals surface area (Å²) >= 11 is 1.23. The van der Waals surface area contributed by atoms with Crippen molar-refractivity contribution in [3.8, 4) is 5.69 Å². The van der Waals surface area contributed by atoms with Gasteiger partial charge < -0.3 is 10.6 Å². The van der Waals surface area contributed by atoms with E-state index in [1.54, 1.807) is 18.7 Å². The van der Waals surface area contributed by atoms with Gasteiger partial charge in [0.2, 0.25) is 11.8 Å². The lowest BCUT2D eigenvalue weighted by molar-refractivity contribution is -0.120. The zero-order chi connectivity index (χ0) is 23.4. The summed E-state index contributed by atoms with van der Waals surface area (Å²) in [4.78, 5) is 37.5. The Morgan fingerprint density at radius 2 is 1.58 bits per heavy atom. The van der Waals surface area contributed by atoms with Gasteiger partial charge in [-0.3, -0.25) is 19.1 Å². The molecule has 1 heterocycles. The van der Waals surface area contributed by atoms with E-state index in [1.165, 1.54) is 16.4 Å². The van der Waals surface area contributed by atoms with Gasteiger partial charge in [0.05, 0.1) is 22.9 Å². The summed E-state index contributed by atoms with van der Waals surface area (Å²) < 4.78 is 3.23. The van der Waals surface area contributed by atoms with Crippen LogP contribution in [0, 0.1) is 12.3 Å². The van der Waals surface area contributed by atoms with Gasteiger partial charge in [0.1, 0.15) is 5.69 Å². The van der Waals surface area contributed by atoms with Crippen LogP contribution in [0.2, 0.25) is 0 Å². The molecular formula is C23H34N4O3S. The van der Waals surface area contributed by atoms with E-state index < -0.39 is 0 Å². The summed E-state index contributed by atoms with van der Waals surface area (Å²) in [5.41, 5.74) is 1.14. The van der Waals surface area contributed by atoms with Gasteiger partial charge in [0.25, 0.3) is 5.56 Å². The van der Waals surface area contributed by atoms with Gasteiger partial charge in [-0.2, -0.15) is 0 Å². The van der Waals surface area contributed by atoms with E-state index in [4.69, 9.17) is 0 Å². The molecule has 0 aliphatic heterocycles. The first kappa shape index (κ1) is 24.8. The minimum absolute atomic E-state index is 0.0895. The number of thioether (sulfide) groups is 1. The third kappa shape index (κ3) is 7.02. The van der Waals surface area contributed by atoms with E-state index in [1.807, 2.05) is 44.2 Å². The molecule has 0 unspecified atom stereocenters. The topological polar surface area (TPSA) is 85.1 Å². The fourth-order valence-electron chi connectivity index (χ4n) is 3.91. The Labute approximate surface area is 188 Å². The molecule has 2 N–H and O–H groups in total. The average Bonchev–Trinajstić information content (AvgIpc) is 2.83. The summed E-state index contributed by atoms with van der Waals surface area (Å²) in [6.45, 7) is 12.2. The van der Waals surface area contributed by atoms with Crippen molar-refractivity contribution < 1.29 is 9.59 Å². The van der Waals surface area contributed by atoms with Crippen LogP contribution in [0.1, 0.15) is 46.7 Å². The number of hydrogen-bond acceptors (Lipinski definition) is 4. The number of nitrogens with zero attached hydrogens (tertiary/aromatic N) is 2. The molecule has 0 aliphatic carbocycles. The standard InChI is InChI=1S/C23H34N4O3S/c1-16-20(21(30)27(26(16)7)17-11-9-8-10-12-17)24-18(28)13-31-14-19(29)25-23(5,6)15-22(2,3)4/h8-12H,13-15H2,1-7H3,(H,24,28)(H,25,29). The third-order valence-corrected chi connectivity index (χ3v) is 5.67. The monoisotopic (exact) mass is 446 g/mol. The number of nitrogens with one attached hydrogen (secondary N) is 2. The molecule has 0 spiro atoms. The molecule has 0 bridgehead atoms. The van der Waals surface area contributed by atoms with Crippen LogP contribution < -0.4 is 16.2 Å². The van der Waals surface area contributed by atoms with Crippen molar-refractivity contribution in [2.24, 2.45) is 12.5 Å². The van der Waals surface area contributed by atoms with E-state index in [0.717, 1.165) is 12.1 Å². The minimum atomic E-state index is -0.318. The van der Waals surface area contributed by atoms with Crippen molar-refractivity contribution >= 4 is 29.3 Å². The lowest BCUT2D eigenvalue weighted by atomic mass is 9.82. The molecule has 8 heteroatoms. The number of para-hydroxylation sites is 1. The Balaban J connectivity index is 1.94. The van der Waals surface area contributed by atoms with Crippen molar-refractivity contribution in [1.82, 2.24) is 14.7 Å². The molecule has 1 aromatic heterocycles. The van der Waals surface area contributed by atoms with Gasteiger partial charge in [-0.05, 0) is 44.7 Å². The van der Waals surface area contributed by atoms with E-state index in [9.17, 15) is 14.4 Å². The Bertz CT molecular complexity index is 985. The van der Waals surface area contributed by atoms with Crippen molar-refractivity contribution in [3.63, 3.8) is 0 Å². The number of carbonyl (C=O) groups excluding carboxylic acids is 2. The summed E-state index contributed by atoms with van der Waals surface area (Å²) in [6.07, 6.45) is 0.845. The van der Waals surface area contributed by atoms with Crippen LogP contribution in [0.4, 0.5) is 5.69 Å². The molecule has 0 radical (unpaired) electrons. The lowest BCUT2D eigenvalue weighted by Crippen LogP contribution is -2.46. The summed E-state index contributed by atoms with van der Waals surface area (Å²) in [6, 6.07) is 9.26. The fourth-order valence-corrected chi connectivity index (χ4v) is 4.52. The quantitative estimate of drug-likeness (QED) is 0.650. The van der Waals surface area contributed by atoms with E-state index >= 15 is 0 Å². The smallest absolute Gasteiger partial charge is 0.295 e. The molecule has 2 amide bonds. The van der Waals surface area contributed by atoms with Crippen LogP contribution >= 0.6 is 11.8 Å². The van der Waals surface area contributed by atoms with Gasteiger partial charge in [-0.25, -0.2) is 4.68 Å². The number of aromatic nitrogens is 2. The average molecular weight is 447 g/mol. The zero-order valence-electron chi connectivity index (χ0n) is 19.5. The van der Waals surface area contributed by atoms with E-state index in [2.05, 4.69) is 31.4 Å². The molecule has 0 aliphatic rings. The Morgan fingerprint density at radius 1 is 1.00 bits per heavy atom. The maximum absolute atomic E-state index is 12.9. The first-order chi connectivity index (χ1) is 14.3. The fraction of sp³-hybridized carbons (Fsp3) is 0.522. The highest BCUT2D eigenvalue weighted by atomic mass is 32.2. The number of amides is 2. The predicted octanol–water partition coefficient (Wildman–Crippen LogP) is 3.49. The molecule has 7 nitrogen and oxygen atoms in total. The number of benzene rings is 1. The van der Waals surface area contributed by atoms with Gasteiger partial charge in [0, 0.05) is 12.6 Å². The van der Waals surface area contributed by atoms with Crippen LogP contribution in [0.3, 0.4) is 0 Å². The SMILES string of the molecule is Cc1c(NC(=O)CSCC(=O)NC(C)(C)CC(C)(C)C)c(=O)n(-c2ccccc2)n1C. The maximum Gasteiger partial charge on any atom is 0.295 e. The molecule has 2 rings (SSSR count). The van der Waals surface area contributed by atoms with Crippen molar-refractivity contribution in [1.29, 1.82) is 0 Å². The van der Waals surface area contributed by atoms with Crippen molar-refractivity contribution in [2.75, 3.05) is 16.8 Å². The Morgan fingerprint density at radius 3 is 2.16 bits per heavy atom. The third-order valence-electron chi connectivity index (χ3n) is 4.74. The predicted molar refractivity (Wildman–Crippen MR) is 128 cm³/mol. The molecule has 1 aromatic carbocycles. The second kappa shape index (κ2) is 9.77. The Kier molecular flexibility index (Phi) is 7.81. The molecular weight excluding hydrogens is 412 g/mol. The molecule has 2 aromatic rings. The van der Waals surface area contributed by atoms with Gasteiger partial charge in [-0.15, -0.1) is 11.8 Å². The largest absolute Gasteiger partial charge is 0.350 e. The molecule has 0 atom stereocenters. The maximum atomic E-state index is 12.9. The van der Waals surface area contributed by atoms with Crippen LogP contribution in [0.15, 0.2) is 35.1 Å². The van der Waals surface area contributed by atoms with Gasteiger partial charge in [0.15, 0.2) is 0 Å². The Hall–Kier alpha value is -2.48. The molecule has 0 saturated carbocycles. The zero-order valence-corrected chi connectivity index (χ0v) is 20.4. The summed E-state index contributed by atoms with van der Waals surface area (Å²) in [5, 5.41) is 5.75. The molecule has 31 heavy (non-hydrogen) atoms. The molecule has 0 fully saturated rings. The van der Waals surface area contributed by atoms with Crippen LogP contribution in [-0.2, 0) is 16.6 Å². The van der Waals surface area contributed by atoms with Gasteiger partial charge in [-0.1, -0.05) is 39.0 Å². The van der Waals surface area contributed by atoms with Crippen molar-refractivity contribution in [3.05, 3.63) is 46.4 Å². The van der Waals surface area contributed by atoms with Crippen LogP contribution in [0.25, 0.3) is 5.69 Å². The number of hydrogen-bond donors (Lipinski definition) is 2. The number of carbonyl (C=O) groups is 2. The number of anilines is 1. The first-order valence-corrected chi connectivity index (χ1v) is 11.5. The lowest BCUT2D eigenvalue weighted by Gasteiger charge is -2.33. The normalized spacial score (nSPS) is 12.0. The van der Waals surface area contributed by atoms with Gasteiger partial charge >= 0.3 is 0 Å². The number of rotatable bonds is 8. The minimum Gasteiger partial charge on any atom is -0.350 e.